The van der Waals surface area contributed by atoms with Crippen LogP contribution in [0.25, 0.3) is 0 Å². The Balaban J connectivity index is 1.67. The number of hydrogen-bond donors (Lipinski definition) is 0. The van der Waals surface area contributed by atoms with Crippen molar-refractivity contribution in [3.8, 4) is 5.75 Å². The van der Waals surface area contributed by atoms with Gasteiger partial charge in [0.05, 0.1) is 32.1 Å². The molecule has 3 aromatic rings. The predicted molar refractivity (Wildman–Crippen MR) is 132 cm³/mol. The van der Waals surface area contributed by atoms with Crippen LogP contribution in [0.1, 0.15) is 58.4 Å². The van der Waals surface area contributed by atoms with Crippen LogP contribution >= 0.6 is 0 Å². The van der Waals surface area contributed by atoms with Crippen LogP contribution in [0.2, 0.25) is 0 Å². The summed E-state index contributed by atoms with van der Waals surface area (Å²) in [6, 6.07) is 16.6. The van der Waals surface area contributed by atoms with Gasteiger partial charge in [0.25, 0.3) is 5.91 Å². The minimum Gasteiger partial charge on any atom is -0.497 e. The number of carbonyl (C=O) groups excluding carboxylic acids is 3. The molecule has 0 saturated carbocycles. The van der Waals surface area contributed by atoms with Crippen LogP contribution in [0.4, 0.5) is 0 Å². The van der Waals surface area contributed by atoms with Gasteiger partial charge in [0.1, 0.15) is 12.3 Å². The monoisotopic (exact) mass is 505 g/mol. The van der Waals surface area contributed by atoms with Crippen molar-refractivity contribution in [1.29, 1.82) is 0 Å². The van der Waals surface area contributed by atoms with Gasteiger partial charge in [-0.2, -0.15) is 5.10 Å². The third-order valence-corrected chi connectivity index (χ3v) is 5.73. The predicted octanol–water partition coefficient (Wildman–Crippen LogP) is 3.02. The third kappa shape index (κ3) is 5.50. The molecule has 2 aromatic carbocycles. The molecule has 11 nitrogen and oxygen atoms in total. The number of hydrogen-bond acceptors (Lipinski definition) is 9. The summed E-state index contributed by atoms with van der Waals surface area (Å²) in [6.07, 6.45) is 0.484. The number of amides is 1. The van der Waals surface area contributed by atoms with Crippen LogP contribution in [0.3, 0.4) is 0 Å². The lowest BCUT2D eigenvalue weighted by atomic mass is 9.98. The Morgan fingerprint density at radius 1 is 0.946 bits per heavy atom. The summed E-state index contributed by atoms with van der Waals surface area (Å²) < 4.78 is 16.4. The van der Waals surface area contributed by atoms with Crippen molar-refractivity contribution in [2.24, 2.45) is 5.10 Å². The number of hydrazone groups is 1. The molecule has 1 atom stereocenters. The Morgan fingerprint density at radius 3 is 2.27 bits per heavy atom. The normalized spacial score (nSPS) is 14.7. The van der Waals surface area contributed by atoms with Crippen LogP contribution in [0.15, 0.2) is 59.7 Å². The van der Waals surface area contributed by atoms with Crippen molar-refractivity contribution in [3.05, 3.63) is 77.1 Å². The van der Waals surface area contributed by atoms with E-state index in [-0.39, 0.29) is 24.6 Å². The molecule has 1 aliphatic rings. The molecule has 11 heteroatoms. The first-order valence-corrected chi connectivity index (χ1v) is 11.8. The zero-order valence-corrected chi connectivity index (χ0v) is 20.8. The van der Waals surface area contributed by atoms with Crippen molar-refractivity contribution in [2.75, 3.05) is 20.3 Å². The highest BCUT2D eigenvalue weighted by atomic mass is 16.5. The number of ether oxygens (including phenoxy) is 3. The maximum absolute atomic E-state index is 13.6. The molecule has 4 rings (SSSR count). The van der Waals surface area contributed by atoms with Crippen molar-refractivity contribution >= 4 is 23.6 Å². The van der Waals surface area contributed by atoms with E-state index in [2.05, 4.69) is 15.4 Å². The molecule has 0 radical (unpaired) electrons. The molecule has 1 aliphatic heterocycles. The molecule has 0 N–H and O–H groups in total. The van der Waals surface area contributed by atoms with Crippen LogP contribution in [-0.4, -0.2) is 63.9 Å². The first-order valence-electron chi connectivity index (χ1n) is 11.8. The minimum atomic E-state index is -0.829. The van der Waals surface area contributed by atoms with E-state index in [1.165, 1.54) is 5.01 Å². The van der Waals surface area contributed by atoms with Crippen LogP contribution < -0.4 is 4.74 Å². The zero-order valence-electron chi connectivity index (χ0n) is 20.8. The second-order valence-corrected chi connectivity index (χ2v) is 8.03. The molecule has 192 valence electrons. The number of esters is 2. The second kappa shape index (κ2) is 11.5. The van der Waals surface area contributed by atoms with Gasteiger partial charge in [0, 0.05) is 6.42 Å². The van der Waals surface area contributed by atoms with Gasteiger partial charge in [0.2, 0.25) is 5.69 Å². The standard InChI is InChI=1S/C26H27N5O6/c1-4-36-25(33)23-24(26(34)37-5-2)30(29-27-23)16-22(32)31-21(18-11-13-19(35-3)14-12-18)15-20(28-31)17-9-7-6-8-10-17/h6-14,21H,4-5,15-16H2,1-3H3/t21-/m0/s1. The fourth-order valence-corrected chi connectivity index (χ4v) is 3.99. The van der Waals surface area contributed by atoms with E-state index in [9.17, 15) is 14.4 Å². The van der Waals surface area contributed by atoms with Gasteiger partial charge in [-0.15, -0.1) is 5.10 Å². The first kappa shape index (κ1) is 25.5. The van der Waals surface area contributed by atoms with Gasteiger partial charge in [-0.05, 0) is 37.1 Å². The largest absolute Gasteiger partial charge is 0.497 e. The summed E-state index contributed by atoms with van der Waals surface area (Å²) in [7, 11) is 1.58. The van der Waals surface area contributed by atoms with Crippen molar-refractivity contribution in [2.45, 2.75) is 32.9 Å². The van der Waals surface area contributed by atoms with Gasteiger partial charge in [-0.3, -0.25) is 4.79 Å². The van der Waals surface area contributed by atoms with Crippen molar-refractivity contribution < 1.29 is 28.6 Å². The summed E-state index contributed by atoms with van der Waals surface area (Å²) >= 11 is 0. The lowest BCUT2D eigenvalue weighted by Gasteiger charge is -2.22. The highest BCUT2D eigenvalue weighted by molar-refractivity contribution is 6.03. The molecule has 0 aliphatic carbocycles. The average Bonchev–Trinajstić information content (AvgIpc) is 3.55. The van der Waals surface area contributed by atoms with Gasteiger partial charge < -0.3 is 14.2 Å². The van der Waals surface area contributed by atoms with E-state index in [4.69, 9.17) is 14.2 Å². The third-order valence-electron chi connectivity index (χ3n) is 5.73. The second-order valence-electron chi connectivity index (χ2n) is 8.03. The number of aromatic nitrogens is 3. The molecule has 1 aromatic heterocycles. The lowest BCUT2D eigenvalue weighted by molar-refractivity contribution is -0.133. The summed E-state index contributed by atoms with van der Waals surface area (Å²) in [5.41, 5.74) is 1.94. The smallest absolute Gasteiger partial charge is 0.361 e. The molecule has 0 spiro atoms. The van der Waals surface area contributed by atoms with E-state index in [1.807, 2.05) is 54.6 Å². The van der Waals surface area contributed by atoms with E-state index in [0.29, 0.717) is 12.2 Å². The zero-order chi connectivity index (χ0) is 26.4. The summed E-state index contributed by atoms with van der Waals surface area (Å²) in [5, 5.41) is 13.7. The molecule has 2 heterocycles. The van der Waals surface area contributed by atoms with Crippen LogP contribution in [0.5, 0.6) is 5.75 Å². The topological polar surface area (TPSA) is 125 Å². The van der Waals surface area contributed by atoms with Crippen LogP contribution in [0, 0.1) is 0 Å². The van der Waals surface area contributed by atoms with Gasteiger partial charge in [-0.25, -0.2) is 19.3 Å². The summed E-state index contributed by atoms with van der Waals surface area (Å²) in [4.78, 5) is 38.6. The Labute approximate surface area is 213 Å². The number of methoxy groups -OCH3 is 1. The van der Waals surface area contributed by atoms with E-state index < -0.39 is 30.4 Å². The van der Waals surface area contributed by atoms with E-state index in [1.54, 1.807) is 21.0 Å². The number of carbonyl (C=O) groups is 3. The number of benzene rings is 2. The molecular formula is C26H27N5O6. The molecule has 1 amide bonds. The first-order chi connectivity index (χ1) is 18.0. The molecule has 37 heavy (non-hydrogen) atoms. The molecule has 0 bridgehead atoms. The minimum absolute atomic E-state index is 0.0661. The number of rotatable bonds is 9. The Kier molecular flexibility index (Phi) is 7.92. The molecule has 0 fully saturated rings. The summed E-state index contributed by atoms with van der Waals surface area (Å²) in [5.74, 6) is -1.41. The molecule has 0 saturated heterocycles. The molecule has 0 unspecified atom stereocenters. The van der Waals surface area contributed by atoms with Crippen LogP contribution in [-0.2, 0) is 20.8 Å². The SMILES string of the molecule is CCOC(=O)c1nnn(CC(=O)N2N=C(c3ccccc3)C[C@H]2c2ccc(OC)cc2)c1C(=O)OCC. The van der Waals surface area contributed by atoms with Gasteiger partial charge in [-0.1, -0.05) is 47.7 Å². The van der Waals surface area contributed by atoms with Gasteiger partial charge in [0.15, 0.2) is 5.69 Å². The fourth-order valence-electron chi connectivity index (χ4n) is 3.99. The highest BCUT2D eigenvalue weighted by Gasteiger charge is 2.35. The van der Waals surface area contributed by atoms with Crippen molar-refractivity contribution in [3.63, 3.8) is 0 Å². The maximum Gasteiger partial charge on any atom is 0.361 e. The highest BCUT2D eigenvalue weighted by Crippen LogP contribution is 2.34. The maximum atomic E-state index is 13.6. The Bertz CT molecular complexity index is 1300. The number of nitrogens with zero attached hydrogens (tertiary/aromatic N) is 5. The van der Waals surface area contributed by atoms with Gasteiger partial charge >= 0.3 is 11.9 Å². The Hall–Kier alpha value is -4.54. The lowest BCUT2D eigenvalue weighted by Crippen LogP contribution is -2.32. The van der Waals surface area contributed by atoms with E-state index >= 15 is 0 Å². The fraction of sp³-hybridized carbons (Fsp3) is 0.308. The molecular weight excluding hydrogens is 478 g/mol. The average molecular weight is 506 g/mol. The summed E-state index contributed by atoms with van der Waals surface area (Å²) in [6.45, 7) is 3.02. The quantitative estimate of drug-likeness (QED) is 0.407. The Morgan fingerprint density at radius 2 is 1.62 bits per heavy atom. The van der Waals surface area contributed by atoms with Crippen molar-refractivity contribution in [1.82, 2.24) is 20.0 Å². The van der Waals surface area contributed by atoms with E-state index in [0.717, 1.165) is 21.5 Å².